The van der Waals surface area contributed by atoms with Crippen LogP contribution in [0.15, 0.2) is 58.3 Å². The van der Waals surface area contributed by atoms with Crippen LogP contribution in [-0.4, -0.2) is 45.7 Å². The van der Waals surface area contributed by atoms with E-state index in [1.165, 1.54) is 24.3 Å². The van der Waals surface area contributed by atoms with Gasteiger partial charge in [0.2, 0.25) is 9.84 Å². The number of nitrogens with zero attached hydrogens (tertiary/aromatic N) is 1. The molecule has 2 heterocycles. The summed E-state index contributed by atoms with van der Waals surface area (Å²) in [6.07, 6.45) is 0.979. The second-order valence-electron chi connectivity index (χ2n) is 7.07. The second kappa shape index (κ2) is 6.61. The number of sulfone groups is 1. The summed E-state index contributed by atoms with van der Waals surface area (Å²) in [5, 5.41) is 2.78. The molecule has 0 atom stereocenters. The molecule has 1 spiro atoms. The van der Waals surface area contributed by atoms with Crippen molar-refractivity contribution in [1.82, 2.24) is 4.90 Å². The number of anilines is 1. The lowest BCUT2D eigenvalue weighted by Gasteiger charge is -2.46. The summed E-state index contributed by atoms with van der Waals surface area (Å²) in [5.41, 5.74) is 0.631. The number of halogens is 1. The molecule has 142 valence electrons. The van der Waals surface area contributed by atoms with E-state index in [4.69, 9.17) is 4.74 Å². The lowest BCUT2D eigenvalue weighted by molar-refractivity contribution is 0.0255. The maximum atomic E-state index is 13.0. The third-order valence-electron chi connectivity index (χ3n) is 5.06. The van der Waals surface area contributed by atoms with E-state index in [-0.39, 0.29) is 21.2 Å². The van der Waals surface area contributed by atoms with Crippen LogP contribution in [0.4, 0.5) is 14.9 Å². The van der Waals surface area contributed by atoms with Crippen molar-refractivity contribution in [3.05, 3.63) is 54.3 Å². The molecule has 2 aromatic carbocycles. The first-order chi connectivity index (χ1) is 12.9. The van der Waals surface area contributed by atoms with Gasteiger partial charge in [-0.3, -0.25) is 0 Å². The molecule has 2 fully saturated rings. The van der Waals surface area contributed by atoms with Gasteiger partial charge in [0.25, 0.3) is 0 Å². The molecule has 0 aliphatic carbocycles. The summed E-state index contributed by atoms with van der Waals surface area (Å²) in [4.78, 5) is 14.1. The minimum Gasteiger partial charge on any atom is -0.381 e. The van der Waals surface area contributed by atoms with Crippen LogP contribution < -0.4 is 5.32 Å². The Bertz CT molecular complexity index is 944. The van der Waals surface area contributed by atoms with Crippen molar-refractivity contribution < 1.29 is 22.3 Å². The van der Waals surface area contributed by atoms with Gasteiger partial charge in [-0.05, 0) is 55.0 Å². The van der Waals surface area contributed by atoms with E-state index in [0.717, 1.165) is 25.2 Å². The Hall–Kier alpha value is -2.45. The number of hydrogen-bond acceptors (Lipinski definition) is 4. The highest BCUT2D eigenvalue weighted by atomic mass is 32.2. The van der Waals surface area contributed by atoms with Crippen LogP contribution in [0.25, 0.3) is 0 Å². The average molecular weight is 390 g/mol. The molecule has 2 aliphatic rings. The maximum absolute atomic E-state index is 13.0. The van der Waals surface area contributed by atoms with E-state index in [1.807, 2.05) is 0 Å². The lowest BCUT2D eigenvalue weighted by Crippen LogP contribution is -2.59. The largest absolute Gasteiger partial charge is 0.381 e. The molecular formula is C19H19FN2O4S. The first-order valence-corrected chi connectivity index (χ1v) is 10.1. The van der Waals surface area contributed by atoms with Gasteiger partial charge in [-0.2, -0.15) is 0 Å². The van der Waals surface area contributed by atoms with E-state index in [1.54, 1.807) is 17.0 Å². The van der Waals surface area contributed by atoms with E-state index >= 15 is 0 Å². The fourth-order valence-corrected chi connectivity index (χ4v) is 4.74. The topological polar surface area (TPSA) is 75.7 Å². The zero-order valence-corrected chi connectivity index (χ0v) is 15.3. The van der Waals surface area contributed by atoms with E-state index in [2.05, 4.69) is 5.32 Å². The normalized spacial score (nSPS) is 18.3. The fourth-order valence-electron chi connectivity index (χ4n) is 3.48. The summed E-state index contributed by atoms with van der Waals surface area (Å²) < 4.78 is 43.5. The van der Waals surface area contributed by atoms with Crippen molar-refractivity contribution in [1.29, 1.82) is 0 Å². The summed E-state index contributed by atoms with van der Waals surface area (Å²) in [6, 6.07) is 10.4. The number of urea groups is 1. The summed E-state index contributed by atoms with van der Waals surface area (Å²) in [6.45, 7) is 2.80. The monoisotopic (exact) mass is 390 g/mol. The molecule has 27 heavy (non-hydrogen) atoms. The number of nitrogens with one attached hydrogen (secondary N) is 1. The third kappa shape index (κ3) is 3.42. The second-order valence-corrected chi connectivity index (χ2v) is 9.02. The summed E-state index contributed by atoms with van der Waals surface area (Å²) in [7, 11) is -3.73. The zero-order valence-electron chi connectivity index (χ0n) is 14.5. The number of carbonyl (C=O) groups excluding carboxylic acids is 1. The maximum Gasteiger partial charge on any atom is 0.321 e. The molecule has 6 nitrogen and oxygen atoms in total. The highest BCUT2D eigenvalue weighted by Crippen LogP contribution is 2.38. The summed E-state index contributed by atoms with van der Waals surface area (Å²) in [5.74, 6) is -0.496. The quantitative estimate of drug-likeness (QED) is 0.818. The number of rotatable bonds is 3. The molecule has 4 rings (SSSR count). The van der Waals surface area contributed by atoms with Crippen molar-refractivity contribution >= 4 is 21.6 Å². The fraction of sp³-hybridized carbons (Fsp3) is 0.316. The van der Waals surface area contributed by atoms with Gasteiger partial charge >= 0.3 is 6.03 Å². The highest BCUT2D eigenvalue weighted by Gasteiger charge is 2.47. The van der Waals surface area contributed by atoms with Gasteiger partial charge in [0.05, 0.1) is 16.4 Å². The Kier molecular flexibility index (Phi) is 4.39. The number of ether oxygens (including phenoxy) is 1. The predicted octanol–water partition coefficient (Wildman–Crippen LogP) is 2.91. The van der Waals surface area contributed by atoms with Crippen molar-refractivity contribution in [3.8, 4) is 0 Å². The Morgan fingerprint density at radius 3 is 2.19 bits per heavy atom. The average Bonchev–Trinajstić information content (AvgIpc) is 3.11. The first-order valence-electron chi connectivity index (χ1n) is 8.63. The van der Waals surface area contributed by atoms with Crippen LogP contribution in [0, 0.1) is 11.2 Å². The summed E-state index contributed by atoms with van der Waals surface area (Å²) >= 11 is 0. The smallest absolute Gasteiger partial charge is 0.321 e. The number of carbonyl (C=O) groups is 1. The van der Waals surface area contributed by atoms with Crippen LogP contribution >= 0.6 is 0 Å². The number of hydrogen-bond donors (Lipinski definition) is 1. The molecule has 0 aromatic heterocycles. The number of likely N-dealkylation sites (tertiary alicyclic amines) is 1. The number of amides is 2. The SMILES string of the molecule is O=C(Nc1ccc(S(=O)(=O)c2ccc(F)cc2)cc1)N1CC2(CCOC2)C1. The molecule has 0 saturated carbocycles. The molecule has 1 N–H and O–H groups in total. The van der Waals surface area contributed by atoms with Crippen molar-refractivity contribution in [2.75, 3.05) is 31.6 Å². The van der Waals surface area contributed by atoms with Crippen LogP contribution in [0.5, 0.6) is 0 Å². The van der Waals surface area contributed by atoms with Crippen molar-refractivity contribution in [2.24, 2.45) is 5.41 Å². The Balaban J connectivity index is 1.41. The first kappa shape index (κ1) is 17.9. The minimum atomic E-state index is -3.73. The molecule has 2 aliphatic heterocycles. The van der Waals surface area contributed by atoms with Gasteiger partial charge in [-0.25, -0.2) is 17.6 Å². The van der Waals surface area contributed by atoms with Gasteiger partial charge in [0.1, 0.15) is 5.82 Å². The molecular weight excluding hydrogens is 371 g/mol. The van der Waals surface area contributed by atoms with Gasteiger partial charge < -0.3 is 15.0 Å². The molecule has 2 amide bonds. The molecule has 8 heteroatoms. The Labute approximate surface area is 156 Å². The van der Waals surface area contributed by atoms with Crippen LogP contribution in [0.3, 0.4) is 0 Å². The standard InChI is InChI=1S/C19H19FN2O4S/c20-14-1-5-16(6-2-14)27(24,25)17-7-3-15(4-8-17)21-18(23)22-11-19(12-22)9-10-26-13-19/h1-8H,9-13H2,(H,21,23). The Morgan fingerprint density at radius 1 is 1.04 bits per heavy atom. The Morgan fingerprint density at radius 2 is 1.63 bits per heavy atom. The third-order valence-corrected chi connectivity index (χ3v) is 6.85. The predicted molar refractivity (Wildman–Crippen MR) is 96.8 cm³/mol. The van der Waals surface area contributed by atoms with Gasteiger partial charge in [-0.15, -0.1) is 0 Å². The van der Waals surface area contributed by atoms with Crippen LogP contribution in [0.2, 0.25) is 0 Å². The van der Waals surface area contributed by atoms with Gasteiger partial charge in [0.15, 0.2) is 0 Å². The molecule has 0 bridgehead atoms. The molecule has 0 radical (unpaired) electrons. The zero-order chi connectivity index (χ0) is 19.1. The van der Waals surface area contributed by atoms with Gasteiger partial charge in [-0.1, -0.05) is 0 Å². The van der Waals surface area contributed by atoms with Crippen molar-refractivity contribution in [2.45, 2.75) is 16.2 Å². The number of benzene rings is 2. The van der Waals surface area contributed by atoms with Crippen LogP contribution in [0.1, 0.15) is 6.42 Å². The van der Waals surface area contributed by atoms with Crippen LogP contribution in [-0.2, 0) is 14.6 Å². The van der Waals surface area contributed by atoms with E-state index in [0.29, 0.717) is 25.4 Å². The van der Waals surface area contributed by atoms with E-state index in [9.17, 15) is 17.6 Å². The molecule has 2 saturated heterocycles. The minimum absolute atomic E-state index is 0.0188. The molecule has 0 unspecified atom stereocenters. The van der Waals surface area contributed by atoms with E-state index < -0.39 is 15.7 Å². The van der Waals surface area contributed by atoms with Crippen molar-refractivity contribution in [3.63, 3.8) is 0 Å². The molecule has 2 aromatic rings. The lowest BCUT2D eigenvalue weighted by atomic mass is 9.79. The highest BCUT2D eigenvalue weighted by molar-refractivity contribution is 7.91. The van der Waals surface area contributed by atoms with Gasteiger partial charge in [0, 0.05) is 30.8 Å².